The normalized spacial score (nSPS) is 30.4. The second-order valence-electron chi connectivity index (χ2n) is 5.28. The van der Waals surface area contributed by atoms with E-state index in [9.17, 15) is 0 Å². The van der Waals surface area contributed by atoms with Crippen molar-refractivity contribution in [2.75, 3.05) is 6.61 Å². The van der Waals surface area contributed by atoms with Gasteiger partial charge >= 0.3 is 0 Å². The lowest BCUT2D eigenvalue weighted by atomic mass is 9.80. The molecule has 0 radical (unpaired) electrons. The van der Waals surface area contributed by atoms with Gasteiger partial charge in [0, 0.05) is 13.0 Å². The summed E-state index contributed by atoms with van der Waals surface area (Å²) < 4.78 is 5.57. The molecule has 0 aromatic carbocycles. The molecule has 0 heterocycles. The maximum Gasteiger partial charge on any atom is 0.111 e. The minimum atomic E-state index is 0.482. The van der Waals surface area contributed by atoms with E-state index in [0.717, 1.165) is 18.9 Å². The predicted molar refractivity (Wildman–Crippen MR) is 69.8 cm³/mol. The standard InChI is InChI=1S/C13H25N3O/c1-2-17-12-7-10(8-12)9-13(16-14)15-11-5-3-4-6-11/h10-12H,2-9,14H2,1H3,(H,15,16). The average Bonchev–Trinajstić information content (AvgIpc) is 2.77. The van der Waals surface area contributed by atoms with Crippen molar-refractivity contribution < 1.29 is 4.74 Å². The number of rotatable bonds is 5. The molecule has 0 bridgehead atoms. The Bertz CT molecular complexity index is 255. The largest absolute Gasteiger partial charge is 0.378 e. The van der Waals surface area contributed by atoms with Crippen LogP contribution in [0.4, 0.5) is 0 Å². The molecule has 2 fully saturated rings. The maximum atomic E-state index is 5.57. The minimum Gasteiger partial charge on any atom is -0.378 e. The van der Waals surface area contributed by atoms with Crippen molar-refractivity contribution in [3.63, 3.8) is 0 Å². The highest BCUT2D eigenvalue weighted by Crippen LogP contribution is 2.33. The van der Waals surface area contributed by atoms with Gasteiger partial charge in [0.15, 0.2) is 0 Å². The van der Waals surface area contributed by atoms with Crippen LogP contribution in [0.2, 0.25) is 0 Å². The van der Waals surface area contributed by atoms with Crippen LogP contribution in [-0.2, 0) is 4.74 Å². The highest BCUT2D eigenvalue weighted by atomic mass is 16.5. The number of nitrogens with two attached hydrogens (primary N) is 1. The van der Waals surface area contributed by atoms with Gasteiger partial charge in [0.25, 0.3) is 0 Å². The number of hydrazine groups is 1. The maximum absolute atomic E-state index is 5.57. The molecule has 2 aliphatic rings. The molecule has 2 saturated carbocycles. The van der Waals surface area contributed by atoms with Crippen molar-refractivity contribution in [2.24, 2.45) is 16.8 Å². The Kier molecular flexibility index (Phi) is 4.80. The van der Waals surface area contributed by atoms with Crippen LogP contribution >= 0.6 is 0 Å². The average molecular weight is 239 g/mol. The first-order valence-corrected chi connectivity index (χ1v) is 6.96. The number of hydrogen-bond donors (Lipinski definition) is 2. The van der Waals surface area contributed by atoms with Crippen LogP contribution in [0.3, 0.4) is 0 Å². The first-order valence-electron chi connectivity index (χ1n) is 6.96. The van der Waals surface area contributed by atoms with Gasteiger partial charge in [-0.3, -0.25) is 4.99 Å². The van der Waals surface area contributed by atoms with Gasteiger partial charge in [-0.2, -0.15) is 0 Å². The summed E-state index contributed by atoms with van der Waals surface area (Å²) in [5, 5.41) is 0. The van der Waals surface area contributed by atoms with Crippen molar-refractivity contribution in [3.8, 4) is 0 Å². The van der Waals surface area contributed by atoms with Gasteiger partial charge in [0.1, 0.15) is 5.84 Å². The highest BCUT2D eigenvalue weighted by Gasteiger charge is 2.30. The summed E-state index contributed by atoms with van der Waals surface area (Å²) in [5.41, 5.74) is 2.78. The number of nitrogens with one attached hydrogen (secondary N) is 1. The van der Waals surface area contributed by atoms with Crippen molar-refractivity contribution >= 4 is 5.84 Å². The molecule has 0 saturated heterocycles. The van der Waals surface area contributed by atoms with Crippen LogP contribution in [0.25, 0.3) is 0 Å². The minimum absolute atomic E-state index is 0.482. The molecule has 3 N–H and O–H groups in total. The van der Waals surface area contributed by atoms with Gasteiger partial charge in [-0.15, -0.1) is 0 Å². The van der Waals surface area contributed by atoms with E-state index in [1.807, 2.05) is 0 Å². The Morgan fingerprint density at radius 1 is 1.35 bits per heavy atom. The Morgan fingerprint density at radius 3 is 2.65 bits per heavy atom. The Morgan fingerprint density at radius 2 is 2.06 bits per heavy atom. The monoisotopic (exact) mass is 239 g/mol. The molecule has 0 aromatic heterocycles. The summed E-state index contributed by atoms with van der Waals surface area (Å²) in [6.07, 6.45) is 8.92. The first kappa shape index (κ1) is 12.8. The molecule has 0 unspecified atom stereocenters. The number of ether oxygens (including phenoxy) is 1. The van der Waals surface area contributed by atoms with E-state index in [-0.39, 0.29) is 0 Å². The fourth-order valence-electron chi connectivity index (χ4n) is 2.89. The van der Waals surface area contributed by atoms with E-state index < -0.39 is 0 Å². The van der Waals surface area contributed by atoms with Gasteiger partial charge in [0.2, 0.25) is 0 Å². The number of hydrogen-bond acceptors (Lipinski definition) is 3. The van der Waals surface area contributed by atoms with Crippen molar-refractivity contribution in [1.82, 2.24) is 5.43 Å². The van der Waals surface area contributed by atoms with Gasteiger partial charge < -0.3 is 10.2 Å². The van der Waals surface area contributed by atoms with Crippen LogP contribution < -0.4 is 11.3 Å². The number of aliphatic imine (C=N–C) groups is 1. The summed E-state index contributed by atoms with van der Waals surface area (Å²) in [7, 11) is 0. The second kappa shape index (κ2) is 6.36. The molecular weight excluding hydrogens is 214 g/mol. The van der Waals surface area contributed by atoms with Gasteiger partial charge in [0.05, 0.1) is 12.1 Å². The van der Waals surface area contributed by atoms with Crippen LogP contribution in [0.15, 0.2) is 4.99 Å². The van der Waals surface area contributed by atoms with Gasteiger partial charge in [-0.25, -0.2) is 5.84 Å². The molecule has 0 amide bonds. The fourth-order valence-corrected chi connectivity index (χ4v) is 2.89. The van der Waals surface area contributed by atoms with Crippen molar-refractivity contribution in [3.05, 3.63) is 0 Å². The summed E-state index contributed by atoms with van der Waals surface area (Å²) >= 11 is 0. The van der Waals surface area contributed by atoms with E-state index in [4.69, 9.17) is 15.6 Å². The predicted octanol–water partition coefficient (Wildman–Crippen LogP) is 2.00. The molecule has 4 heteroatoms. The zero-order valence-corrected chi connectivity index (χ0v) is 10.8. The van der Waals surface area contributed by atoms with E-state index in [1.54, 1.807) is 0 Å². The highest BCUT2D eigenvalue weighted by molar-refractivity contribution is 5.82. The number of amidine groups is 1. The third kappa shape index (κ3) is 3.68. The molecule has 4 nitrogen and oxygen atoms in total. The lowest BCUT2D eigenvalue weighted by molar-refractivity contribution is -0.0223. The van der Waals surface area contributed by atoms with Crippen LogP contribution in [0.5, 0.6) is 0 Å². The van der Waals surface area contributed by atoms with E-state index >= 15 is 0 Å². The van der Waals surface area contributed by atoms with Crippen LogP contribution in [-0.4, -0.2) is 24.6 Å². The zero-order chi connectivity index (χ0) is 12.1. The second-order valence-corrected chi connectivity index (χ2v) is 5.28. The van der Waals surface area contributed by atoms with Gasteiger partial charge in [-0.1, -0.05) is 12.8 Å². The molecule has 0 spiro atoms. The summed E-state index contributed by atoms with van der Waals surface area (Å²) in [4.78, 5) is 4.73. The van der Waals surface area contributed by atoms with Crippen LogP contribution in [0, 0.1) is 5.92 Å². The fraction of sp³-hybridized carbons (Fsp3) is 0.923. The molecule has 0 atom stereocenters. The quantitative estimate of drug-likeness (QED) is 0.334. The first-order chi connectivity index (χ1) is 8.31. The van der Waals surface area contributed by atoms with Crippen LogP contribution in [0.1, 0.15) is 51.9 Å². The lowest BCUT2D eigenvalue weighted by Crippen LogP contribution is -2.38. The molecular formula is C13H25N3O. The number of nitrogens with zero attached hydrogens (tertiary/aromatic N) is 1. The SMILES string of the molecule is CCOC1CC(CC(=NC2CCCC2)NN)C1. The molecule has 2 rings (SSSR count). The smallest absolute Gasteiger partial charge is 0.111 e. The van der Waals surface area contributed by atoms with E-state index in [1.165, 1.54) is 38.5 Å². The zero-order valence-electron chi connectivity index (χ0n) is 10.8. The topological polar surface area (TPSA) is 59.6 Å². The Hall–Kier alpha value is -0.610. The molecule has 17 heavy (non-hydrogen) atoms. The molecule has 0 aliphatic heterocycles. The summed E-state index contributed by atoms with van der Waals surface area (Å²) in [6.45, 7) is 2.89. The Labute approximate surface area is 104 Å². The van der Waals surface area contributed by atoms with E-state index in [2.05, 4.69) is 12.3 Å². The van der Waals surface area contributed by atoms with Crippen molar-refractivity contribution in [1.29, 1.82) is 0 Å². The van der Waals surface area contributed by atoms with Gasteiger partial charge in [-0.05, 0) is 38.5 Å². The molecule has 2 aliphatic carbocycles. The summed E-state index contributed by atoms with van der Waals surface area (Å²) in [6, 6.07) is 0.517. The van der Waals surface area contributed by atoms with Crippen molar-refractivity contribution in [2.45, 2.75) is 64.0 Å². The molecule has 98 valence electrons. The molecule has 0 aromatic rings. The van der Waals surface area contributed by atoms with E-state index in [0.29, 0.717) is 18.1 Å². The third-order valence-electron chi connectivity index (χ3n) is 3.91. The summed E-state index contributed by atoms with van der Waals surface area (Å²) in [5.74, 6) is 7.27. The Balaban J connectivity index is 1.72. The lowest BCUT2D eigenvalue weighted by Gasteiger charge is -2.35. The third-order valence-corrected chi connectivity index (χ3v) is 3.91.